The Morgan fingerprint density at radius 2 is 2.00 bits per heavy atom. The van der Waals surface area contributed by atoms with E-state index in [1.165, 1.54) is 0 Å². The normalized spacial score (nSPS) is 13.1. The monoisotopic (exact) mass is 153 g/mol. The molecule has 1 radical (unpaired) electrons. The van der Waals surface area contributed by atoms with E-state index in [4.69, 9.17) is 0 Å². The third-order valence-corrected chi connectivity index (χ3v) is 2.30. The van der Waals surface area contributed by atoms with Crippen molar-refractivity contribution in [2.24, 2.45) is 0 Å². The Bertz CT molecular complexity index is 220. The lowest BCUT2D eigenvalue weighted by Crippen LogP contribution is -1.98. The largest absolute Gasteiger partial charge is 0.612 e. The van der Waals surface area contributed by atoms with Crippen LogP contribution in [0.1, 0.15) is 5.56 Å². The van der Waals surface area contributed by atoms with Crippen LogP contribution in [0, 0.1) is 6.92 Å². The standard InChI is InChI=1S/C8H9OS/c1-7-5-3-4-6-8(7)10(2)9/h3-6H,1H2,2H3. The average molecular weight is 153 g/mol. The summed E-state index contributed by atoms with van der Waals surface area (Å²) in [5.74, 6) is 0. The minimum absolute atomic E-state index is 0.822. The molecule has 53 valence electrons. The van der Waals surface area contributed by atoms with Crippen molar-refractivity contribution in [2.75, 3.05) is 6.26 Å². The first kappa shape index (κ1) is 7.63. The maximum atomic E-state index is 10.9. The molecular weight excluding hydrogens is 144 g/mol. The number of hydrogen-bond acceptors (Lipinski definition) is 1. The molecule has 0 N–H and O–H groups in total. The summed E-state index contributed by atoms with van der Waals surface area (Å²) in [4.78, 5) is 0.822. The molecule has 0 fully saturated rings. The van der Waals surface area contributed by atoms with Crippen molar-refractivity contribution in [3.05, 3.63) is 36.8 Å². The van der Waals surface area contributed by atoms with Crippen LogP contribution < -0.4 is 0 Å². The lowest BCUT2D eigenvalue weighted by Gasteiger charge is -2.05. The van der Waals surface area contributed by atoms with Crippen LogP contribution >= 0.6 is 0 Å². The van der Waals surface area contributed by atoms with Gasteiger partial charge in [0.1, 0.15) is 6.26 Å². The predicted octanol–water partition coefficient (Wildman–Crippen LogP) is 1.61. The maximum absolute atomic E-state index is 10.9. The van der Waals surface area contributed by atoms with Crippen LogP contribution in [0.25, 0.3) is 0 Å². The van der Waals surface area contributed by atoms with Gasteiger partial charge < -0.3 is 4.55 Å². The smallest absolute Gasteiger partial charge is 0.155 e. The van der Waals surface area contributed by atoms with Crippen molar-refractivity contribution in [3.63, 3.8) is 0 Å². The van der Waals surface area contributed by atoms with Gasteiger partial charge in [0, 0.05) is 5.56 Å². The van der Waals surface area contributed by atoms with Crippen LogP contribution in [-0.4, -0.2) is 10.8 Å². The highest BCUT2D eigenvalue weighted by atomic mass is 32.2. The highest BCUT2D eigenvalue weighted by molar-refractivity contribution is 7.90. The molecule has 0 saturated heterocycles. The molecule has 0 bridgehead atoms. The molecule has 0 spiro atoms. The molecule has 0 amide bonds. The van der Waals surface area contributed by atoms with Crippen molar-refractivity contribution < 1.29 is 4.55 Å². The summed E-state index contributed by atoms with van der Waals surface area (Å²) in [5.41, 5.74) is 0.850. The molecule has 10 heavy (non-hydrogen) atoms. The first-order valence-electron chi connectivity index (χ1n) is 2.96. The van der Waals surface area contributed by atoms with Gasteiger partial charge in [-0.1, -0.05) is 18.2 Å². The van der Waals surface area contributed by atoms with Crippen molar-refractivity contribution in [1.29, 1.82) is 0 Å². The molecule has 1 unspecified atom stereocenters. The van der Waals surface area contributed by atoms with E-state index in [9.17, 15) is 4.55 Å². The van der Waals surface area contributed by atoms with Crippen LogP contribution in [-0.2, 0) is 11.2 Å². The van der Waals surface area contributed by atoms with Crippen LogP contribution in [0.15, 0.2) is 29.2 Å². The Morgan fingerprint density at radius 1 is 1.40 bits per heavy atom. The van der Waals surface area contributed by atoms with E-state index in [1.807, 2.05) is 24.3 Å². The van der Waals surface area contributed by atoms with Crippen molar-refractivity contribution in [2.45, 2.75) is 4.90 Å². The second-order valence-corrected chi connectivity index (χ2v) is 3.41. The average Bonchev–Trinajstić information content (AvgIpc) is 1.88. The van der Waals surface area contributed by atoms with Gasteiger partial charge in [-0.2, -0.15) is 0 Å². The van der Waals surface area contributed by atoms with Gasteiger partial charge in [0.2, 0.25) is 0 Å². The van der Waals surface area contributed by atoms with Crippen LogP contribution in [0.5, 0.6) is 0 Å². The Hall–Kier alpha value is -0.470. The Kier molecular flexibility index (Phi) is 2.35. The predicted molar refractivity (Wildman–Crippen MR) is 43.2 cm³/mol. The molecule has 1 aromatic carbocycles. The van der Waals surface area contributed by atoms with Gasteiger partial charge in [-0.25, -0.2) is 0 Å². The third-order valence-electron chi connectivity index (χ3n) is 1.28. The lowest BCUT2D eigenvalue weighted by molar-refractivity contribution is 0.600. The summed E-state index contributed by atoms with van der Waals surface area (Å²) in [5, 5.41) is 0. The topological polar surface area (TPSA) is 23.1 Å². The van der Waals surface area contributed by atoms with Gasteiger partial charge in [0.15, 0.2) is 4.90 Å². The van der Waals surface area contributed by atoms with Gasteiger partial charge in [-0.05, 0) is 24.2 Å². The molecule has 1 aromatic rings. The van der Waals surface area contributed by atoms with E-state index in [-0.39, 0.29) is 0 Å². The quantitative estimate of drug-likeness (QED) is 0.562. The second-order valence-electron chi connectivity index (χ2n) is 2.06. The second kappa shape index (κ2) is 3.08. The molecule has 1 atom stereocenters. The van der Waals surface area contributed by atoms with Crippen molar-refractivity contribution >= 4 is 11.2 Å². The molecule has 0 heterocycles. The SMILES string of the molecule is [CH2]c1ccccc1[S+](C)[O-]. The number of rotatable bonds is 1. The van der Waals surface area contributed by atoms with E-state index in [0.29, 0.717) is 0 Å². The van der Waals surface area contributed by atoms with Gasteiger partial charge in [0.25, 0.3) is 0 Å². The summed E-state index contributed by atoms with van der Waals surface area (Å²) in [6.45, 7) is 3.75. The molecule has 0 aliphatic rings. The summed E-state index contributed by atoms with van der Waals surface area (Å²) in [6, 6.07) is 7.44. The highest BCUT2D eigenvalue weighted by Crippen LogP contribution is 2.12. The van der Waals surface area contributed by atoms with E-state index in [1.54, 1.807) is 6.26 Å². The Labute approximate surface area is 64.3 Å². The first-order valence-corrected chi connectivity index (χ1v) is 4.52. The van der Waals surface area contributed by atoms with E-state index in [2.05, 4.69) is 6.92 Å². The molecule has 0 aliphatic heterocycles. The summed E-state index contributed by atoms with van der Waals surface area (Å²) >= 11 is -0.903. The summed E-state index contributed by atoms with van der Waals surface area (Å²) in [6.07, 6.45) is 1.66. The fraction of sp³-hybridized carbons (Fsp3) is 0.125. The van der Waals surface area contributed by atoms with E-state index >= 15 is 0 Å². The van der Waals surface area contributed by atoms with Gasteiger partial charge >= 0.3 is 0 Å². The zero-order chi connectivity index (χ0) is 7.56. The number of benzene rings is 1. The van der Waals surface area contributed by atoms with Crippen LogP contribution in [0.2, 0.25) is 0 Å². The fourth-order valence-corrected chi connectivity index (χ4v) is 1.49. The van der Waals surface area contributed by atoms with Gasteiger partial charge in [0.05, 0.1) is 0 Å². The zero-order valence-corrected chi connectivity index (χ0v) is 6.65. The molecule has 0 aliphatic carbocycles. The van der Waals surface area contributed by atoms with Gasteiger partial charge in [-0.15, -0.1) is 0 Å². The fourth-order valence-electron chi connectivity index (χ4n) is 0.784. The first-order chi connectivity index (χ1) is 4.72. The zero-order valence-electron chi connectivity index (χ0n) is 5.83. The van der Waals surface area contributed by atoms with E-state index in [0.717, 1.165) is 10.5 Å². The minimum atomic E-state index is -0.903. The Balaban J connectivity index is 3.03. The van der Waals surface area contributed by atoms with Crippen molar-refractivity contribution in [1.82, 2.24) is 0 Å². The molecule has 2 heteroatoms. The van der Waals surface area contributed by atoms with E-state index < -0.39 is 11.2 Å². The Morgan fingerprint density at radius 3 is 2.40 bits per heavy atom. The molecule has 1 nitrogen and oxygen atoms in total. The molecule has 0 aromatic heterocycles. The van der Waals surface area contributed by atoms with Crippen LogP contribution in [0.4, 0.5) is 0 Å². The molecule has 1 rings (SSSR count). The summed E-state index contributed by atoms with van der Waals surface area (Å²) in [7, 11) is 0. The maximum Gasteiger partial charge on any atom is 0.155 e. The number of hydrogen-bond donors (Lipinski definition) is 0. The molecule has 0 saturated carbocycles. The van der Waals surface area contributed by atoms with Crippen LogP contribution in [0.3, 0.4) is 0 Å². The van der Waals surface area contributed by atoms with Gasteiger partial charge in [-0.3, -0.25) is 0 Å². The summed E-state index contributed by atoms with van der Waals surface area (Å²) < 4.78 is 10.9. The van der Waals surface area contributed by atoms with Crippen molar-refractivity contribution in [3.8, 4) is 0 Å². The highest BCUT2D eigenvalue weighted by Gasteiger charge is 2.05. The third kappa shape index (κ3) is 1.52. The molecular formula is C8H9OS. The minimum Gasteiger partial charge on any atom is -0.612 e. The lowest BCUT2D eigenvalue weighted by atomic mass is 10.2.